The van der Waals surface area contributed by atoms with Crippen LogP contribution in [0.2, 0.25) is 0 Å². The van der Waals surface area contributed by atoms with Crippen molar-refractivity contribution in [2.24, 2.45) is 0 Å². The summed E-state index contributed by atoms with van der Waals surface area (Å²) in [5, 5.41) is 0. The average molecular weight is 173 g/mol. The van der Waals surface area contributed by atoms with Gasteiger partial charge in [-0.3, -0.25) is 0 Å². The third kappa shape index (κ3) is 2.16. The molecule has 0 aromatic carbocycles. The van der Waals surface area contributed by atoms with Gasteiger partial charge in [0.15, 0.2) is 0 Å². The van der Waals surface area contributed by atoms with Crippen molar-refractivity contribution in [2.45, 2.75) is 12.8 Å². The molecular formula is C6H5S3. The van der Waals surface area contributed by atoms with Crippen LogP contribution in [0.15, 0.2) is 0 Å². The van der Waals surface area contributed by atoms with Crippen LogP contribution in [0.4, 0.5) is 0 Å². The third-order valence-corrected chi connectivity index (χ3v) is 1.88. The van der Waals surface area contributed by atoms with Gasteiger partial charge in [-0.25, -0.2) is 0 Å². The van der Waals surface area contributed by atoms with Crippen molar-refractivity contribution in [1.82, 2.24) is 0 Å². The van der Waals surface area contributed by atoms with E-state index in [1.807, 2.05) is 6.42 Å². The summed E-state index contributed by atoms with van der Waals surface area (Å²) in [7, 11) is 0. The molecule has 3 heteroatoms. The molecule has 0 aromatic rings. The molecule has 1 saturated carbocycles. The summed E-state index contributed by atoms with van der Waals surface area (Å²) in [6.45, 7) is 0. The van der Waals surface area contributed by atoms with E-state index in [1.54, 1.807) is 0 Å². The fourth-order valence-electron chi connectivity index (χ4n) is 0.733. The summed E-state index contributed by atoms with van der Waals surface area (Å²) in [4.78, 5) is 2.75. The number of hydrogen-bond donors (Lipinski definition) is 0. The maximum Gasteiger partial charge on any atom is 0.0343 e. The number of thiocarbonyl (C=S) groups is 3. The second kappa shape index (κ2) is 2.90. The van der Waals surface area contributed by atoms with Gasteiger partial charge in [-0.1, -0.05) is 36.7 Å². The normalized spacial score (nSPS) is 20.7. The number of hydrogen-bond acceptors (Lipinski definition) is 3. The Morgan fingerprint density at radius 3 is 1.78 bits per heavy atom. The molecule has 47 valence electrons. The van der Waals surface area contributed by atoms with E-state index in [0.717, 1.165) is 27.4 Å². The molecule has 0 nitrogen and oxygen atoms in total. The van der Waals surface area contributed by atoms with Gasteiger partial charge in [0.2, 0.25) is 0 Å². The fourth-order valence-corrected chi connectivity index (χ4v) is 1.93. The van der Waals surface area contributed by atoms with Crippen molar-refractivity contribution >= 4 is 51.2 Å². The first-order valence-electron chi connectivity index (χ1n) is 2.60. The molecule has 0 bridgehead atoms. The molecule has 1 fully saturated rings. The topological polar surface area (TPSA) is 0 Å². The van der Waals surface area contributed by atoms with Crippen LogP contribution >= 0.6 is 36.7 Å². The van der Waals surface area contributed by atoms with Crippen LogP contribution in [0.1, 0.15) is 12.8 Å². The van der Waals surface area contributed by atoms with Crippen molar-refractivity contribution in [1.29, 1.82) is 0 Å². The Morgan fingerprint density at radius 2 is 1.44 bits per heavy atom. The van der Waals surface area contributed by atoms with Crippen LogP contribution < -0.4 is 0 Å². The molecule has 1 aliphatic rings. The summed E-state index contributed by atoms with van der Waals surface area (Å²) >= 11 is 14.8. The molecule has 9 heavy (non-hydrogen) atoms. The highest BCUT2D eigenvalue weighted by atomic mass is 32.1. The Bertz CT molecular complexity index is 135. The van der Waals surface area contributed by atoms with Crippen LogP contribution in [0.25, 0.3) is 0 Å². The van der Waals surface area contributed by atoms with Crippen LogP contribution in [0, 0.1) is 6.42 Å². The van der Waals surface area contributed by atoms with Crippen molar-refractivity contribution < 1.29 is 0 Å². The van der Waals surface area contributed by atoms with Gasteiger partial charge < -0.3 is 0 Å². The zero-order chi connectivity index (χ0) is 6.85. The molecule has 1 radical (unpaired) electrons. The van der Waals surface area contributed by atoms with E-state index in [-0.39, 0.29) is 0 Å². The van der Waals surface area contributed by atoms with Crippen LogP contribution in [0.5, 0.6) is 0 Å². The minimum atomic E-state index is 0.783. The van der Waals surface area contributed by atoms with E-state index in [2.05, 4.69) is 0 Å². The minimum Gasteiger partial charge on any atom is -0.0889 e. The second-order valence-corrected chi connectivity index (χ2v) is 3.60. The lowest BCUT2D eigenvalue weighted by molar-refractivity contribution is 1.49. The molecule has 0 amide bonds. The first kappa shape index (κ1) is 7.38. The van der Waals surface area contributed by atoms with E-state index in [0.29, 0.717) is 0 Å². The number of rotatable bonds is 0. The zero-order valence-corrected chi connectivity index (χ0v) is 7.17. The zero-order valence-electron chi connectivity index (χ0n) is 4.72. The van der Waals surface area contributed by atoms with Crippen LogP contribution in [-0.4, -0.2) is 14.6 Å². The summed E-state index contributed by atoms with van der Waals surface area (Å²) in [5.74, 6) is 0. The Hall–Kier alpha value is 0.270. The second-order valence-electron chi connectivity index (χ2n) is 1.97. The molecule has 1 rings (SSSR count). The Balaban J connectivity index is 2.64. The van der Waals surface area contributed by atoms with Crippen molar-refractivity contribution in [2.75, 3.05) is 0 Å². The SMILES string of the molecule is S=C1[CH]C(=S)CC(=S)C1. The highest BCUT2D eigenvalue weighted by Gasteiger charge is 2.13. The first-order chi connectivity index (χ1) is 4.18. The quantitative estimate of drug-likeness (QED) is 0.515. The Kier molecular flexibility index (Phi) is 2.38. The highest BCUT2D eigenvalue weighted by Crippen LogP contribution is 2.10. The lowest BCUT2D eigenvalue weighted by atomic mass is 10.0. The molecule has 0 aromatic heterocycles. The monoisotopic (exact) mass is 173 g/mol. The Morgan fingerprint density at radius 1 is 1.00 bits per heavy atom. The average Bonchev–Trinajstić information content (AvgIpc) is 1.59. The molecule has 0 aliphatic heterocycles. The van der Waals surface area contributed by atoms with Gasteiger partial charge in [-0.05, 0) is 0 Å². The van der Waals surface area contributed by atoms with Gasteiger partial charge in [-0.15, -0.1) is 0 Å². The summed E-state index contributed by atoms with van der Waals surface area (Å²) in [5.41, 5.74) is 0. The predicted molar refractivity (Wildman–Crippen MR) is 51.3 cm³/mol. The summed E-state index contributed by atoms with van der Waals surface area (Å²) in [6.07, 6.45) is 3.43. The molecule has 1 aliphatic carbocycles. The van der Waals surface area contributed by atoms with E-state index >= 15 is 0 Å². The van der Waals surface area contributed by atoms with E-state index in [4.69, 9.17) is 36.7 Å². The van der Waals surface area contributed by atoms with Crippen molar-refractivity contribution in [3.05, 3.63) is 6.42 Å². The predicted octanol–water partition coefficient (Wildman–Crippen LogP) is 2.09. The van der Waals surface area contributed by atoms with Gasteiger partial charge in [0, 0.05) is 33.9 Å². The van der Waals surface area contributed by atoms with Crippen LogP contribution in [-0.2, 0) is 0 Å². The van der Waals surface area contributed by atoms with E-state index in [9.17, 15) is 0 Å². The molecule has 0 saturated heterocycles. The molecule has 0 spiro atoms. The molecule has 0 heterocycles. The summed E-state index contributed by atoms with van der Waals surface area (Å²) < 4.78 is 0. The van der Waals surface area contributed by atoms with E-state index in [1.165, 1.54) is 0 Å². The largest absolute Gasteiger partial charge is 0.0889 e. The smallest absolute Gasteiger partial charge is 0.0343 e. The molecule has 0 unspecified atom stereocenters. The van der Waals surface area contributed by atoms with Crippen molar-refractivity contribution in [3.63, 3.8) is 0 Å². The van der Waals surface area contributed by atoms with Gasteiger partial charge >= 0.3 is 0 Å². The maximum absolute atomic E-state index is 4.96. The lowest BCUT2D eigenvalue weighted by Crippen LogP contribution is -2.19. The van der Waals surface area contributed by atoms with E-state index < -0.39 is 0 Å². The highest BCUT2D eigenvalue weighted by molar-refractivity contribution is 7.84. The Labute approximate surface area is 70.6 Å². The first-order valence-corrected chi connectivity index (χ1v) is 3.83. The molecule has 0 N–H and O–H groups in total. The van der Waals surface area contributed by atoms with Gasteiger partial charge in [0.25, 0.3) is 0 Å². The van der Waals surface area contributed by atoms with Crippen molar-refractivity contribution in [3.8, 4) is 0 Å². The lowest BCUT2D eigenvalue weighted by Gasteiger charge is -2.11. The fraction of sp³-hybridized carbons (Fsp3) is 0.333. The van der Waals surface area contributed by atoms with Gasteiger partial charge in [-0.2, -0.15) is 0 Å². The standard InChI is InChI=1S/C6H5S3/c7-4-1-5(8)3-6(9)2-4/h1H,2-3H2. The third-order valence-electron chi connectivity index (χ3n) is 1.06. The summed E-state index contributed by atoms with van der Waals surface area (Å²) in [6, 6.07) is 0. The minimum absolute atomic E-state index is 0.783. The van der Waals surface area contributed by atoms with Crippen LogP contribution in [0.3, 0.4) is 0 Å². The van der Waals surface area contributed by atoms with Gasteiger partial charge in [0.1, 0.15) is 0 Å². The molecule has 0 atom stereocenters. The maximum atomic E-state index is 4.96. The molecular weight excluding hydrogens is 168 g/mol. The van der Waals surface area contributed by atoms with Gasteiger partial charge in [0.05, 0.1) is 0 Å².